The van der Waals surface area contributed by atoms with Crippen molar-refractivity contribution in [2.24, 2.45) is 5.14 Å². The minimum absolute atomic E-state index is 0.0704. The highest BCUT2D eigenvalue weighted by atomic mass is 32.2. The molecule has 1 aliphatic heterocycles. The molecule has 1 heterocycles. The Labute approximate surface area is 118 Å². The van der Waals surface area contributed by atoms with Crippen molar-refractivity contribution in [2.75, 3.05) is 11.4 Å². The van der Waals surface area contributed by atoms with Gasteiger partial charge in [0.1, 0.15) is 5.60 Å². The number of hydrogen-bond acceptors (Lipinski definition) is 4. The fourth-order valence-corrected chi connectivity index (χ4v) is 2.99. The molecule has 1 amide bonds. The van der Waals surface area contributed by atoms with E-state index in [-0.39, 0.29) is 4.90 Å². The number of fused-ring (bicyclic) bond motifs is 1. The molecule has 7 heteroatoms. The molecule has 0 saturated carbocycles. The Morgan fingerprint density at radius 2 is 2.00 bits per heavy atom. The number of amides is 1. The summed E-state index contributed by atoms with van der Waals surface area (Å²) in [5, 5.41) is 5.19. The van der Waals surface area contributed by atoms with Crippen LogP contribution in [-0.4, -0.2) is 26.7 Å². The molecule has 0 unspecified atom stereocenters. The van der Waals surface area contributed by atoms with Crippen LogP contribution in [0.1, 0.15) is 26.3 Å². The van der Waals surface area contributed by atoms with Crippen LogP contribution in [0.25, 0.3) is 0 Å². The van der Waals surface area contributed by atoms with Gasteiger partial charge in [-0.25, -0.2) is 18.4 Å². The van der Waals surface area contributed by atoms with Gasteiger partial charge in [0.25, 0.3) is 0 Å². The molecule has 2 rings (SSSR count). The third-order valence-corrected chi connectivity index (χ3v) is 3.90. The average Bonchev–Trinajstić information content (AvgIpc) is 2.68. The SMILES string of the molecule is CC(C)(C)OC(=O)N1CCc2c1cccc2S(N)(=O)=O. The fourth-order valence-electron chi connectivity index (χ4n) is 2.18. The third kappa shape index (κ3) is 2.94. The van der Waals surface area contributed by atoms with Crippen molar-refractivity contribution >= 4 is 21.8 Å². The van der Waals surface area contributed by atoms with Gasteiger partial charge in [-0.2, -0.15) is 0 Å². The van der Waals surface area contributed by atoms with Crippen LogP contribution in [0, 0.1) is 0 Å². The molecule has 110 valence electrons. The third-order valence-electron chi connectivity index (χ3n) is 2.90. The highest BCUT2D eigenvalue weighted by molar-refractivity contribution is 7.89. The number of nitrogens with two attached hydrogens (primary N) is 1. The van der Waals surface area contributed by atoms with Crippen LogP contribution < -0.4 is 10.0 Å². The maximum atomic E-state index is 12.1. The number of benzene rings is 1. The lowest BCUT2D eigenvalue weighted by Gasteiger charge is -2.24. The summed E-state index contributed by atoms with van der Waals surface area (Å²) in [6.45, 7) is 5.73. The van der Waals surface area contributed by atoms with Crippen LogP contribution in [0.15, 0.2) is 23.1 Å². The molecule has 6 nitrogen and oxygen atoms in total. The largest absolute Gasteiger partial charge is 0.443 e. The first-order valence-electron chi connectivity index (χ1n) is 6.25. The van der Waals surface area contributed by atoms with Crippen molar-refractivity contribution < 1.29 is 17.9 Å². The van der Waals surface area contributed by atoms with Gasteiger partial charge in [0.15, 0.2) is 0 Å². The van der Waals surface area contributed by atoms with E-state index in [0.29, 0.717) is 24.2 Å². The van der Waals surface area contributed by atoms with E-state index in [9.17, 15) is 13.2 Å². The lowest BCUT2D eigenvalue weighted by atomic mass is 10.2. The number of carbonyl (C=O) groups excluding carboxylic acids is 1. The van der Waals surface area contributed by atoms with Crippen molar-refractivity contribution in [2.45, 2.75) is 37.7 Å². The number of nitrogens with zero attached hydrogens (tertiary/aromatic N) is 1. The zero-order chi connectivity index (χ0) is 15.1. The standard InChI is InChI=1S/C13H18N2O4S/c1-13(2,3)19-12(16)15-8-7-9-10(15)5-4-6-11(9)20(14,17)18/h4-6H,7-8H2,1-3H3,(H2,14,17,18). The van der Waals surface area contributed by atoms with Crippen molar-refractivity contribution in [3.63, 3.8) is 0 Å². The van der Waals surface area contributed by atoms with Gasteiger partial charge in [-0.05, 0) is 44.9 Å². The molecule has 1 aromatic rings. The first-order chi connectivity index (χ1) is 9.09. The number of hydrogen-bond donors (Lipinski definition) is 1. The Morgan fingerprint density at radius 3 is 2.55 bits per heavy atom. The van der Waals surface area contributed by atoms with E-state index in [2.05, 4.69) is 0 Å². The summed E-state index contributed by atoms with van der Waals surface area (Å²) >= 11 is 0. The van der Waals surface area contributed by atoms with Gasteiger partial charge < -0.3 is 4.74 Å². The van der Waals surface area contributed by atoms with E-state index >= 15 is 0 Å². The van der Waals surface area contributed by atoms with Crippen molar-refractivity contribution in [1.82, 2.24) is 0 Å². The number of anilines is 1. The number of carbonyl (C=O) groups is 1. The van der Waals surface area contributed by atoms with Crippen LogP contribution in [0.5, 0.6) is 0 Å². The summed E-state index contributed by atoms with van der Waals surface area (Å²) in [6.07, 6.45) is -0.0379. The Kier molecular flexibility index (Phi) is 3.51. The summed E-state index contributed by atoms with van der Waals surface area (Å²) in [4.78, 5) is 13.6. The predicted molar refractivity (Wildman–Crippen MR) is 75.1 cm³/mol. The second kappa shape index (κ2) is 4.75. The molecule has 0 fully saturated rings. The molecular weight excluding hydrogens is 280 g/mol. The fraction of sp³-hybridized carbons (Fsp3) is 0.462. The van der Waals surface area contributed by atoms with E-state index in [1.165, 1.54) is 11.0 Å². The van der Waals surface area contributed by atoms with E-state index in [1.807, 2.05) is 0 Å². The Morgan fingerprint density at radius 1 is 1.35 bits per heavy atom. The maximum absolute atomic E-state index is 12.1. The van der Waals surface area contributed by atoms with E-state index in [4.69, 9.17) is 9.88 Å². The Hall–Kier alpha value is -1.60. The smallest absolute Gasteiger partial charge is 0.414 e. The normalized spacial score (nSPS) is 15.1. The number of primary sulfonamides is 1. The van der Waals surface area contributed by atoms with Crippen molar-refractivity contribution in [1.29, 1.82) is 0 Å². The van der Waals surface area contributed by atoms with Gasteiger partial charge in [0, 0.05) is 6.54 Å². The molecule has 2 N–H and O–H groups in total. The molecular formula is C13H18N2O4S. The Balaban J connectivity index is 2.38. The van der Waals surface area contributed by atoms with Gasteiger partial charge in [-0.15, -0.1) is 0 Å². The van der Waals surface area contributed by atoms with E-state index < -0.39 is 21.7 Å². The number of ether oxygens (including phenoxy) is 1. The minimum Gasteiger partial charge on any atom is -0.443 e. The van der Waals surface area contributed by atoms with E-state index in [0.717, 1.165) is 0 Å². The topological polar surface area (TPSA) is 89.7 Å². The van der Waals surface area contributed by atoms with Gasteiger partial charge in [-0.1, -0.05) is 6.07 Å². The number of sulfonamides is 1. The quantitative estimate of drug-likeness (QED) is 0.853. The van der Waals surface area contributed by atoms with Gasteiger partial charge in [-0.3, -0.25) is 4.90 Å². The second-order valence-corrected chi connectivity index (χ2v) is 7.21. The summed E-state index contributed by atoms with van der Waals surface area (Å²) < 4.78 is 28.4. The lowest BCUT2D eigenvalue weighted by molar-refractivity contribution is 0.0584. The van der Waals surface area contributed by atoms with Crippen molar-refractivity contribution in [3.8, 4) is 0 Å². The van der Waals surface area contributed by atoms with Gasteiger partial charge in [0.05, 0.1) is 10.6 Å². The highest BCUT2D eigenvalue weighted by Gasteiger charge is 2.31. The lowest BCUT2D eigenvalue weighted by Crippen LogP contribution is -2.35. The summed E-state index contributed by atoms with van der Waals surface area (Å²) in [5.74, 6) is 0. The molecule has 20 heavy (non-hydrogen) atoms. The summed E-state index contributed by atoms with van der Waals surface area (Å²) in [5.41, 5.74) is 0.517. The molecule has 0 saturated heterocycles. The Bertz CT molecular complexity index is 647. The maximum Gasteiger partial charge on any atom is 0.414 e. The molecule has 1 aromatic carbocycles. The molecule has 0 aliphatic carbocycles. The zero-order valence-electron chi connectivity index (χ0n) is 11.7. The van der Waals surface area contributed by atoms with Crippen molar-refractivity contribution in [3.05, 3.63) is 23.8 Å². The summed E-state index contributed by atoms with van der Waals surface area (Å²) in [7, 11) is -3.79. The molecule has 0 radical (unpaired) electrons. The van der Waals surface area contributed by atoms with Crippen LogP contribution in [0.2, 0.25) is 0 Å². The van der Waals surface area contributed by atoms with Crippen LogP contribution in [-0.2, 0) is 21.2 Å². The number of rotatable bonds is 1. The van der Waals surface area contributed by atoms with E-state index in [1.54, 1.807) is 32.9 Å². The van der Waals surface area contributed by atoms with Crippen LogP contribution >= 0.6 is 0 Å². The highest BCUT2D eigenvalue weighted by Crippen LogP contribution is 2.33. The average molecular weight is 298 g/mol. The monoisotopic (exact) mass is 298 g/mol. The second-order valence-electron chi connectivity index (χ2n) is 5.68. The minimum atomic E-state index is -3.79. The molecule has 0 atom stereocenters. The predicted octanol–water partition coefficient (Wildman–Crippen LogP) is 1.63. The first-order valence-corrected chi connectivity index (χ1v) is 7.79. The molecule has 0 aromatic heterocycles. The van der Waals surface area contributed by atoms with Crippen LogP contribution in [0.4, 0.5) is 10.5 Å². The molecule has 1 aliphatic rings. The van der Waals surface area contributed by atoms with Crippen LogP contribution in [0.3, 0.4) is 0 Å². The first kappa shape index (κ1) is 14.8. The van der Waals surface area contributed by atoms with Gasteiger partial charge in [0.2, 0.25) is 10.0 Å². The van der Waals surface area contributed by atoms with Gasteiger partial charge >= 0.3 is 6.09 Å². The molecule has 0 spiro atoms. The summed E-state index contributed by atoms with van der Waals surface area (Å²) in [6, 6.07) is 4.72. The molecule has 0 bridgehead atoms. The zero-order valence-corrected chi connectivity index (χ0v) is 12.5.